The lowest BCUT2D eigenvalue weighted by atomic mass is 10.1. The van der Waals surface area contributed by atoms with Crippen molar-refractivity contribution in [2.24, 2.45) is 0 Å². The van der Waals surface area contributed by atoms with Gasteiger partial charge in [-0.25, -0.2) is 4.79 Å². The molecule has 0 atom stereocenters. The predicted molar refractivity (Wildman–Crippen MR) is 77.0 cm³/mol. The molecule has 1 saturated heterocycles. The van der Waals surface area contributed by atoms with E-state index in [0.29, 0.717) is 0 Å². The SMILES string of the molecule is O=C1NCCCN1c1ccc(Br)c2ccccc12. The van der Waals surface area contributed by atoms with E-state index in [1.807, 2.05) is 29.2 Å². The number of hydrogen-bond acceptors (Lipinski definition) is 1. The first-order valence-corrected chi connectivity index (χ1v) is 6.79. The van der Waals surface area contributed by atoms with E-state index in [2.05, 4.69) is 33.4 Å². The minimum Gasteiger partial charge on any atom is -0.338 e. The first-order chi connectivity index (χ1) is 8.77. The van der Waals surface area contributed by atoms with Crippen LogP contribution in [0, 0.1) is 0 Å². The van der Waals surface area contributed by atoms with Gasteiger partial charge < -0.3 is 5.32 Å². The second-order valence-corrected chi connectivity index (χ2v) is 5.20. The van der Waals surface area contributed by atoms with Crippen molar-refractivity contribution in [1.82, 2.24) is 5.32 Å². The fraction of sp³-hybridized carbons (Fsp3) is 0.214. The average Bonchev–Trinajstić information content (AvgIpc) is 2.41. The number of nitrogens with zero attached hydrogens (tertiary/aromatic N) is 1. The fourth-order valence-corrected chi connectivity index (χ4v) is 2.82. The first kappa shape index (κ1) is 11.5. The van der Waals surface area contributed by atoms with Crippen LogP contribution in [0.2, 0.25) is 0 Å². The summed E-state index contributed by atoms with van der Waals surface area (Å²) in [5.41, 5.74) is 0.978. The van der Waals surface area contributed by atoms with Crippen molar-refractivity contribution in [3.63, 3.8) is 0 Å². The lowest BCUT2D eigenvalue weighted by molar-refractivity contribution is 0.243. The monoisotopic (exact) mass is 304 g/mol. The van der Waals surface area contributed by atoms with Gasteiger partial charge in [-0.05, 0) is 23.9 Å². The second-order valence-electron chi connectivity index (χ2n) is 4.35. The zero-order chi connectivity index (χ0) is 12.5. The van der Waals surface area contributed by atoms with Gasteiger partial charge >= 0.3 is 6.03 Å². The van der Waals surface area contributed by atoms with Gasteiger partial charge in [-0.15, -0.1) is 0 Å². The Labute approximate surface area is 114 Å². The number of hydrogen-bond donors (Lipinski definition) is 1. The highest BCUT2D eigenvalue weighted by molar-refractivity contribution is 9.10. The quantitative estimate of drug-likeness (QED) is 0.859. The van der Waals surface area contributed by atoms with Crippen LogP contribution in [0.4, 0.5) is 10.5 Å². The van der Waals surface area contributed by atoms with Crippen molar-refractivity contribution in [1.29, 1.82) is 0 Å². The Bertz CT molecular complexity index is 612. The van der Waals surface area contributed by atoms with Gasteiger partial charge in [-0.1, -0.05) is 40.2 Å². The van der Waals surface area contributed by atoms with Gasteiger partial charge in [0.25, 0.3) is 0 Å². The maximum Gasteiger partial charge on any atom is 0.321 e. The molecule has 2 aromatic rings. The lowest BCUT2D eigenvalue weighted by Gasteiger charge is -2.28. The Morgan fingerprint density at radius 1 is 1.11 bits per heavy atom. The van der Waals surface area contributed by atoms with Gasteiger partial charge in [0.2, 0.25) is 0 Å². The maximum atomic E-state index is 11.9. The number of urea groups is 1. The van der Waals surface area contributed by atoms with Crippen LogP contribution < -0.4 is 10.2 Å². The van der Waals surface area contributed by atoms with Crippen molar-refractivity contribution < 1.29 is 4.79 Å². The number of fused-ring (bicyclic) bond motifs is 1. The summed E-state index contributed by atoms with van der Waals surface area (Å²) < 4.78 is 1.05. The van der Waals surface area contributed by atoms with E-state index in [4.69, 9.17) is 0 Å². The summed E-state index contributed by atoms with van der Waals surface area (Å²) in [7, 11) is 0. The van der Waals surface area contributed by atoms with Gasteiger partial charge in [-0.3, -0.25) is 4.90 Å². The van der Waals surface area contributed by atoms with E-state index in [1.54, 1.807) is 0 Å². The van der Waals surface area contributed by atoms with E-state index in [0.717, 1.165) is 40.4 Å². The topological polar surface area (TPSA) is 32.3 Å². The highest BCUT2D eigenvalue weighted by Crippen LogP contribution is 2.32. The highest BCUT2D eigenvalue weighted by Gasteiger charge is 2.21. The average molecular weight is 305 g/mol. The van der Waals surface area contributed by atoms with Gasteiger partial charge in [0.15, 0.2) is 0 Å². The summed E-state index contributed by atoms with van der Waals surface area (Å²) in [5, 5.41) is 5.12. The van der Waals surface area contributed by atoms with Crippen LogP contribution in [0.25, 0.3) is 10.8 Å². The van der Waals surface area contributed by atoms with Crippen LogP contribution >= 0.6 is 15.9 Å². The summed E-state index contributed by atoms with van der Waals surface area (Å²) in [5.74, 6) is 0. The molecule has 0 spiro atoms. The number of halogens is 1. The van der Waals surface area contributed by atoms with E-state index in [1.165, 1.54) is 0 Å². The van der Waals surface area contributed by atoms with Crippen LogP contribution in [0.5, 0.6) is 0 Å². The standard InChI is InChI=1S/C14H13BrN2O/c15-12-6-7-13(11-5-2-1-4-10(11)12)17-9-3-8-16-14(17)18/h1-2,4-7H,3,8-9H2,(H,16,18). The molecule has 1 aliphatic heterocycles. The van der Waals surface area contributed by atoms with Gasteiger partial charge in [0, 0.05) is 22.9 Å². The molecular formula is C14H13BrN2O. The van der Waals surface area contributed by atoms with Gasteiger partial charge in [-0.2, -0.15) is 0 Å². The molecule has 4 heteroatoms. The van der Waals surface area contributed by atoms with E-state index >= 15 is 0 Å². The van der Waals surface area contributed by atoms with Crippen LogP contribution in [0.15, 0.2) is 40.9 Å². The third kappa shape index (κ3) is 1.86. The molecule has 0 unspecified atom stereocenters. The molecule has 1 N–H and O–H groups in total. The fourth-order valence-electron chi connectivity index (χ4n) is 2.34. The zero-order valence-electron chi connectivity index (χ0n) is 9.82. The third-order valence-electron chi connectivity index (χ3n) is 3.22. The summed E-state index contributed by atoms with van der Waals surface area (Å²) in [4.78, 5) is 13.7. The Hall–Kier alpha value is -1.55. The van der Waals surface area contributed by atoms with Crippen LogP contribution in [-0.4, -0.2) is 19.1 Å². The molecule has 0 aliphatic carbocycles. The summed E-state index contributed by atoms with van der Waals surface area (Å²) in [6.07, 6.45) is 0.982. The Kier molecular flexibility index (Phi) is 2.96. The van der Waals surface area contributed by atoms with Gasteiger partial charge in [0.1, 0.15) is 0 Å². The number of nitrogens with one attached hydrogen (secondary N) is 1. The molecule has 3 nitrogen and oxygen atoms in total. The number of anilines is 1. The van der Waals surface area contributed by atoms with E-state index in [-0.39, 0.29) is 6.03 Å². The number of carbonyl (C=O) groups is 1. The summed E-state index contributed by atoms with van der Waals surface area (Å²) in [6.45, 7) is 1.54. The number of amides is 2. The van der Waals surface area contributed by atoms with Gasteiger partial charge in [0.05, 0.1) is 5.69 Å². The Balaban J connectivity index is 2.17. The molecule has 1 heterocycles. The Morgan fingerprint density at radius 2 is 1.89 bits per heavy atom. The molecular weight excluding hydrogens is 292 g/mol. The molecule has 1 fully saturated rings. The molecule has 18 heavy (non-hydrogen) atoms. The lowest BCUT2D eigenvalue weighted by Crippen LogP contribution is -2.46. The molecule has 3 rings (SSSR count). The zero-order valence-corrected chi connectivity index (χ0v) is 11.4. The van der Waals surface area contributed by atoms with E-state index in [9.17, 15) is 4.79 Å². The molecule has 0 aromatic heterocycles. The molecule has 0 saturated carbocycles. The maximum absolute atomic E-state index is 11.9. The summed E-state index contributed by atoms with van der Waals surface area (Å²) >= 11 is 3.55. The predicted octanol–water partition coefficient (Wildman–Crippen LogP) is 3.52. The number of rotatable bonds is 1. The van der Waals surface area contributed by atoms with Crippen LogP contribution in [0.1, 0.15) is 6.42 Å². The molecule has 1 aliphatic rings. The summed E-state index contributed by atoms with van der Waals surface area (Å²) in [6, 6.07) is 12.1. The Morgan fingerprint density at radius 3 is 2.67 bits per heavy atom. The third-order valence-corrected chi connectivity index (χ3v) is 3.91. The second kappa shape index (κ2) is 4.61. The number of carbonyl (C=O) groups excluding carboxylic acids is 1. The molecule has 2 amide bonds. The van der Waals surface area contributed by atoms with E-state index < -0.39 is 0 Å². The van der Waals surface area contributed by atoms with Crippen molar-refractivity contribution in [3.8, 4) is 0 Å². The first-order valence-electron chi connectivity index (χ1n) is 6.00. The van der Waals surface area contributed by atoms with Crippen molar-refractivity contribution in [2.45, 2.75) is 6.42 Å². The largest absolute Gasteiger partial charge is 0.338 e. The molecule has 92 valence electrons. The van der Waals surface area contributed by atoms with Crippen molar-refractivity contribution in [3.05, 3.63) is 40.9 Å². The van der Waals surface area contributed by atoms with Crippen molar-refractivity contribution >= 4 is 38.4 Å². The minimum absolute atomic E-state index is 0.00581. The van der Waals surface area contributed by atoms with Crippen LogP contribution in [0.3, 0.4) is 0 Å². The minimum atomic E-state index is -0.00581. The number of benzene rings is 2. The highest BCUT2D eigenvalue weighted by atomic mass is 79.9. The normalized spacial score (nSPS) is 15.8. The molecule has 0 radical (unpaired) electrons. The van der Waals surface area contributed by atoms with Crippen LogP contribution in [-0.2, 0) is 0 Å². The molecule has 0 bridgehead atoms. The molecule has 2 aromatic carbocycles. The van der Waals surface area contributed by atoms with Crippen molar-refractivity contribution in [2.75, 3.05) is 18.0 Å². The smallest absolute Gasteiger partial charge is 0.321 e.